The first-order chi connectivity index (χ1) is 18.5. The van der Waals surface area contributed by atoms with Crippen LogP contribution in [-0.2, 0) is 22.7 Å². The lowest BCUT2D eigenvalue weighted by molar-refractivity contribution is -0.143. The summed E-state index contributed by atoms with van der Waals surface area (Å²) in [6.07, 6.45) is 0. The SMILES string of the molecule is COc1ccc(CN(C(=O)COc2ccccc2)[C@@H](C(=O)NCc2ccc(C)cc2)c2ccccc2)cc1. The first-order valence-electron chi connectivity index (χ1n) is 12.5. The number of ether oxygens (including phenoxy) is 2. The number of hydrogen-bond acceptors (Lipinski definition) is 4. The fraction of sp³-hybridized carbons (Fsp3) is 0.188. The first-order valence-corrected chi connectivity index (χ1v) is 12.5. The number of rotatable bonds is 11. The van der Waals surface area contributed by atoms with Gasteiger partial charge in [-0.1, -0.05) is 90.5 Å². The van der Waals surface area contributed by atoms with Gasteiger partial charge in [0.1, 0.15) is 17.5 Å². The van der Waals surface area contributed by atoms with E-state index in [4.69, 9.17) is 9.47 Å². The number of carbonyl (C=O) groups is 2. The van der Waals surface area contributed by atoms with E-state index < -0.39 is 6.04 Å². The Morgan fingerprint density at radius 1 is 0.763 bits per heavy atom. The van der Waals surface area contributed by atoms with Crippen LogP contribution in [0.25, 0.3) is 0 Å². The number of nitrogens with one attached hydrogen (secondary N) is 1. The summed E-state index contributed by atoms with van der Waals surface area (Å²) in [6, 6.07) is 33.1. The van der Waals surface area contributed by atoms with Crippen molar-refractivity contribution in [3.63, 3.8) is 0 Å². The van der Waals surface area contributed by atoms with Gasteiger partial charge in [0, 0.05) is 13.1 Å². The fourth-order valence-corrected chi connectivity index (χ4v) is 4.10. The Morgan fingerprint density at radius 2 is 1.37 bits per heavy atom. The van der Waals surface area contributed by atoms with Crippen molar-refractivity contribution >= 4 is 11.8 Å². The second-order valence-corrected chi connectivity index (χ2v) is 8.99. The minimum atomic E-state index is -0.851. The largest absolute Gasteiger partial charge is 0.497 e. The highest BCUT2D eigenvalue weighted by molar-refractivity contribution is 5.89. The molecule has 0 radical (unpaired) electrons. The molecule has 38 heavy (non-hydrogen) atoms. The molecule has 0 aliphatic heterocycles. The molecule has 6 nitrogen and oxygen atoms in total. The van der Waals surface area contributed by atoms with Crippen LogP contribution in [0, 0.1) is 6.92 Å². The van der Waals surface area contributed by atoms with E-state index >= 15 is 0 Å². The van der Waals surface area contributed by atoms with E-state index in [0.717, 1.165) is 28.0 Å². The van der Waals surface area contributed by atoms with E-state index in [-0.39, 0.29) is 25.0 Å². The predicted octanol–water partition coefficient (Wildman–Crippen LogP) is 5.47. The third-order valence-corrected chi connectivity index (χ3v) is 6.20. The molecule has 1 atom stereocenters. The molecular formula is C32H32N2O4. The molecule has 0 unspecified atom stereocenters. The summed E-state index contributed by atoms with van der Waals surface area (Å²) in [6.45, 7) is 2.40. The van der Waals surface area contributed by atoms with Crippen LogP contribution in [0.15, 0.2) is 109 Å². The van der Waals surface area contributed by atoms with Gasteiger partial charge in [-0.3, -0.25) is 9.59 Å². The van der Waals surface area contributed by atoms with Gasteiger partial charge in [0.15, 0.2) is 6.61 Å². The Hall–Kier alpha value is -4.58. The molecule has 6 heteroatoms. The average molecular weight is 509 g/mol. The second-order valence-electron chi connectivity index (χ2n) is 8.99. The number of para-hydroxylation sites is 1. The van der Waals surface area contributed by atoms with Crippen LogP contribution in [0.4, 0.5) is 0 Å². The first kappa shape index (κ1) is 26.5. The third-order valence-electron chi connectivity index (χ3n) is 6.20. The maximum absolute atomic E-state index is 13.7. The van der Waals surface area contributed by atoms with E-state index in [9.17, 15) is 9.59 Å². The molecule has 4 aromatic rings. The van der Waals surface area contributed by atoms with Crippen molar-refractivity contribution in [1.82, 2.24) is 10.2 Å². The molecule has 0 heterocycles. The van der Waals surface area contributed by atoms with Gasteiger partial charge < -0.3 is 19.7 Å². The summed E-state index contributed by atoms with van der Waals surface area (Å²) in [4.78, 5) is 29.0. The number of aryl methyl sites for hydroxylation is 1. The highest BCUT2D eigenvalue weighted by atomic mass is 16.5. The molecular weight excluding hydrogens is 476 g/mol. The van der Waals surface area contributed by atoms with Crippen LogP contribution >= 0.6 is 0 Å². The highest BCUT2D eigenvalue weighted by Gasteiger charge is 2.31. The lowest BCUT2D eigenvalue weighted by Gasteiger charge is -2.31. The van der Waals surface area contributed by atoms with Crippen molar-refractivity contribution in [2.24, 2.45) is 0 Å². The van der Waals surface area contributed by atoms with Gasteiger partial charge in [0.2, 0.25) is 5.91 Å². The van der Waals surface area contributed by atoms with E-state index in [1.165, 1.54) is 0 Å². The van der Waals surface area contributed by atoms with Gasteiger partial charge in [-0.2, -0.15) is 0 Å². The summed E-state index contributed by atoms with van der Waals surface area (Å²) in [7, 11) is 1.61. The maximum atomic E-state index is 13.7. The lowest BCUT2D eigenvalue weighted by atomic mass is 10.0. The number of carbonyl (C=O) groups excluding carboxylic acids is 2. The zero-order valence-electron chi connectivity index (χ0n) is 21.7. The topological polar surface area (TPSA) is 67.9 Å². The standard InChI is InChI=1S/C32H32N2O4/c1-24-13-15-25(16-14-24)21-33-32(36)31(27-9-5-3-6-10-27)34(22-26-17-19-28(37-2)20-18-26)30(35)23-38-29-11-7-4-8-12-29/h3-20,31H,21-23H2,1-2H3,(H,33,36)/t31-/m1/s1. The zero-order valence-corrected chi connectivity index (χ0v) is 21.7. The van der Waals surface area contributed by atoms with Gasteiger partial charge >= 0.3 is 0 Å². The Balaban J connectivity index is 1.62. The van der Waals surface area contributed by atoms with Gasteiger partial charge in [-0.25, -0.2) is 0 Å². The minimum Gasteiger partial charge on any atom is -0.497 e. The van der Waals surface area contributed by atoms with Crippen molar-refractivity contribution < 1.29 is 19.1 Å². The van der Waals surface area contributed by atoms with Gasteiger partial charge in [0.25, 0.3) is 5.91 Å². The number of hydrogen-bond donors (Lipinski definition) is 1. The predicted molar refractivity (Wildman–Crippen MR) is 148 cm³/mol. The van der Waals surface area contributed by atoms with Gasteiger partial charge in [-0.05, 0) is 47.9 Å². The number of amides is 2. The van der Waals surface area contributed by atoms with Crippen LogP contribution in [0.1, 0.15) is 28.3 Å². The van der Waals surface area contributed by atoms with Crippen molar-refractivity contribution in [3.8, 4) is 11.5 Å². The monoisotopic (exact) mass is 508 g/mol. The zero-order chi connectivity index (χ0) is 26.7. The Morgan fingerprint density at radius 3 is 2.00 bits per heavy atom. The van der Waals surface area contributed by atoms with E-state index in [0.29, 0.717) is 12.3 Å². The van der Waals surface area contributed by atoms with Crippen molar-refractivity contribution in [2.75, 3.05) is 13.7 Å². The van der Waals surface area contributed by atoms with Crippen molar-refractivity contribution in [2.45, 2.75) is 26.1 Å². The van der Waals surface area contributed by atoms with E-state index in [1.54, 1.807) is 24.1 Å². The molecule has 0 saturated carbocycles. The molecule has 0 bridgehead atoms. The Labute approximate surface area is 223 Å². The van der Waals surface area contributed by atoms with Crippen molar-refractivity contribution in [1.29, 1.82) is 0 Å². The Bertz CT molecular complexity index is 1310. The molecule has 194 valence electrons. The lowest BCUT2D eigenvalue weighted by Crippen LogP contribution is -2.45. The minimum absolute atomic E-state index is 0.200. The summed E-state index contributed by atoms with van der Waals surface area (Å²) < 4.78 is 11.1. The Kier molecular flexibility index (Phi) is 9.13. The van der Waals surface area contributed by atoms with Gasteiger partial charge in [0.05, 0.1) is 7.11 Å². The molecule has 0 aliphatic rings. The van der Waals surface area contributed by atoms with Crippen molar-refractivity contribution in [3.05, 3.63) is 131 Å². The third kappa shape index (κ3) is 7.23. The van der Waals surface area contributed by atoms with Crippen LogP contribution in [0.5, 0.6) is 11.5 Å². The molecule has 2 amide bonds. The molecule has 0 aromatic heterocycles. The number of methoxy groups -OCH3 is 1. The molecule has 0 aliphatic carbocycles. The van der Waals surface area contributed by atoms with Crippen LogP contribution in [0.2, 0.25) is 0 Å². The van der Waals surface area contributed by atoms with Gasteiger partial charge in [-0.15, -0.1) is 0 Å². The smallest absolute Gasteiger partial charge is 0.261 e. The quantitative estimate of drug-likeness (QED) is 0.292. The van der Waals surface area contributed by atoms with Crippen LogP contribution in [0.3, 0.4) is 0 Å². The fourth-order valence-electron chi connectivity index (χ4n) is 4.10. The summed E-state index contributed by atoms with van der Waals surface area (Å²) in [5.41, 5.74) is 3.72. The molecule has 4 rings (SSSR count). The van der Waals surface area contributed by atoms with Crippen LogP contribution < -0.4 is 14.8 Å². The second kappa shape index (κ2) is 13.1. The number of benzene rings is 4. The highest BCUT2D eigenvalue weighted by Crippen LogP contribution is 2.25. The summed E-state index contributed by atoms with van der Waals surface area (Å²) in [5, 5.41) is 3.04. The van der Waals surface area contributed by atoms with E-state index in [2.05, 4.69) is 5.32 Å². The molecule has 1 N–H and O–H groups in total. The maximum Gasteiger partial charge on any atom is 0.261 e. The molecule has 0 spiro atoms. The summed E-state index contributed by atoms with van der Waals surface area (Å²) in [5.74, 6) is 0.738. The van der Waals surface area contributed by atoms with Crippen LogP contribution in [-0.4, -0.2) is 30.4 Å². The normalized spacial score (nSPS) is 11.3. The molecule has 0 saturated heterocycles. The summed E-state index contributed by atoms with van der Waals surface area (Å²) >= 11 is 0. The average Bonchev–Trinajstić information content (AvgIpc) is 2.96. The molecule has 4 aromatic carbocycles. The number of nitrogens with zero attached hydrogens (tertiary/aromatic N) is 1. The van der Waals surface area contributed by atoms with E-state index in [1.807, 2.05) is 104 Å². The molecule has 0 fully saturated rings.